The number of nitrogens with zero attached hydrogens (tertiary/aromatic N) is 1. The molecule has 1 heterocycles. The van der Waals surface area contributed by atoms with Crippen molar-refractivity contribution < 1.29 is 9.53 Å². The molecular formula is C14H20BrClN2O2. The third-order valence-corrected chi connectivity index (χ3v) is 4.30. The summed E-state index contributed by atoms with van der Waals surface area (Å²) < 4.78 is 6.28. The van der Waals surface area contributed by atoms with Crippen LogP contribution in [0.3, 0.4) is 0 Å². The van der Waals surface area contributed by atoms with Crippen molar-refractivity contribution >= 4 is 34.2 Å². The van der Waals surface area contributed by atoms with E-state index in [2.05, 4.69) is 15.9 Å². The van der Waals surface area contributed by atoms with Crippen LogP contribution in [0.2, 0.25) is 0 Å². The van der Waals surface area contributed by atoms with Gasteiger partial charge in [0, 0.05) is 31.3 Å². The van der Waals surface area contributed by atoms with Crippen molar-refractivity contribution in [2.24, 2.45) is 5.73 Å². The fraction of sp³-hybridized carbons (Fsp3) is 0.500. The number of carbonyl (C=O) groups excluding carboxylic acids is 1. The molecule has 0 aliphatic carbocycles. The molecule has 2 rings (SSSR count). The van der Waals surface area contributed by atoms with E-state index in [4.69, 9.17) is 10.5 Å². The Morgan fingerprint density at radius 1 is 1.40 bits per heavy atom. The number of halogens is 2. The summed E-state index contributed by atoms with van der Waals surface area (Å²) in [5, 5.41) is 0. The van der Waals surface area contributed by atoms with Crippen LogP contribution in [0.15, 0.2) is 28.7 Å². The molecule has 0 aromatic heterocycles. The Hall–Kier alpha value is -0.620. The highest BCUT2D eigenvalue weighted by atomic mass is 79.9. The predicted octanol–water partition coefficient (Wildman–Crippen LogP) is 2.34. The number of hydrogen-bond donors (Lipinski definition) is 1. The normalized spacial score (nSPS) is 17.1. The third kappa shape index (κ3) is 3.95. The van der Waals surface area contributed by atoms with E-state index in [0.717, 1.165) is 10.0 Å². The Labute approximate surface area is 134 Å². The van der Waals surface area contributed by atoms with Crippen molar-refractivity contribution in [2.45, 2.75) is 24.9 Å². The number of likely N-dealkylation sites (N-methyl/N-ethyl adjacent to an activating group) is 1. The highest BCUT2D eigenvalue weighted by Gasteiger charge is 2.37. The molecule has 20 heavy (non-hydrogen) atoms. The van der Waals surface area contributed by atoms with E-state index in [9.17, 15) is 4.79 Å². The third-order valence-electron chi connectivity index (χ3n) is 3.52. The SMILES string of the molecule is CN(Cc1ccccc1Br)C(=O)C1(N)CCOCC1.Cl. The minimum Gasteiger partial charge on any atom is -0.381 e. The van der Waals surface area contributed by atoms with E-state index in [-0.39, 0.29) is 18.3 Å². The molecular weight excluding hydrogens is 344 g/mol. The molecule has 0 atom stereocenters. The summed E-state index contributed by atoms with van der Waals surface area (Å²) in [7, 11) is 1.80. The van der Waals surface area contributed by atoms with Crippen LogP contribution >= 0.6 is 28.3 Å². The van der Waals surface area contributed by atoms with Gasteiger partial charge in [-0.05, 0) is 24.5 Å². The molecule has 0 saturated carbocycles. The van der Waals surface area contributed by atoms with Gasteiger partial charge in [-0.1, -0.05) is 34.1 Å². The van der Waals surface area contributed by atoms with E-state index in [1.165, 1.54) is 0 Å². The number of carbonyl (C=O) groups is 1. The zero-order valence-electron chi connectivity index (χ0n) is 11.5. The lowest BCUT2D eigenvalue weighted by Gasteiger charge is -2.35. The molecule has 112 valence electrons. The first kappa shape index (κ1) is 17.4. The summed E-state index contributed by atoms with van der Waals surface area (Å²) in [6.45, 7) is 1.68. The quantitative estimate of drug-likeness (QED) is 0.897. The van der Waals surface area contributed by atoms with Crippen molar-refractivity contribution in [2.75, 3.05) is 20.3 Å². The zero-order chi connectivity index (χ0) is 13.9. The molecule has 2 N–H and O–H groups in total. The molecule has 0 spiro atoms. The number of benzene rings is 1. The molecule has 1 fully saturated rings. The number of rotatable bonds is 3. The van der Waals surface area contributed by atoms with Crippen LogP contribution < -0.4 is 5.73 Å². The number of nitrogens with two attached hydrogens (primary N) is 1. The molecule has 1 aromatic carbocycles. The first-order valence-corrected chi connectivity index (χ1v) is 7.18. The summed E-state index contributed by atoms with van der Waals surface area (Å²) in [6, 6.07) is 7.89. The zero-order valence-corrected chi connectivity index (χ0v) is 13.9. The lowest BCUT2D eigenvalue weighted by Crippen LogP contribution is -2.57. The minimum atomic E-state index is -0.770. The molecule has 1 aromatic rings. The van der Waals surface area contributed by atoms with Gasteiger partial charge >= 0.3 is 0 Å². The van der Waals surface area contributed by atoms with Crippen molar-refractivity contribution in [3.05, 3.63) is 34.3 Å². The van der Waals surface area contributed by atoms with Crippen molar-refractivity contribution in [3.63, 3.8) is 0 Å². The van der Waals surface area contributed by atoms with Gasteiger partial charge in [-0.2, -0.15) is 0 Å². The largest absolute Gasteiger partial charge is 0.381 e. The second-order valence-corrected chi connectivity index (χ2v) is 5.88. The average molecular weight is 364 g/mol. The molecule has 1 amide bonds. The fourth-order valence-corrected chi connectivity index (χ4v) is 2.69. The van der Waals surface area contributed by atoms with Gasteiger partial charge in [0.25, 0.3) is 0 Å². The molecule has 0 bridgehead atoms. The summed E-state index contributed by atoms with van der Waals surface area (Å²) >= 11 is 3.49. The van der Waals surface area contributed by atoms with E-state index in [0.29, 0.717) is 32.6 Å². The van der Waals surface area contributed by atoms with Gasteiger partial charge in [-0.15, -0.1) is 12.4 Å². The molecule has 1 aliphatic heterocycles. The Bertz CT molecular complexity index is 464. The van der Waals surface area contributed by atoms with Crippen LogP contribution in [0.25, 0.3) is 0 Å². The van der Waals surface area contributed by atoms with E-state index >= 15 is 0 Å². The molecule has 6 heteroatoms. The Morgan fingerprint density at radius 2 is 2.00 bits per heavy atom. The monoisotopic (exact) mass is 362 g/mol. The second-order valence-electron chi connectivity index (χ2n) is 5.02. The van der Waals surface area contributed by atoms with E-state index in [1.54, 1.807) is 11.9 Å². The maximum atomic E-state index is 12.5. The van der Waals surface area contributed by atoms with E-state index in [1.807, 2.05) is 24.3 Å². The molecule has 1 saturated heterocycles. The van der Waals surface area contributed by atoms with Crippen LogP contribution in [0.4, 0.5) is 0 Å². The summed E-state index contributed by atoms with van der Waals surface area (Å²) in [5.41, 5.74) is 6.52. The van der Waals surface area contributed by atoms with Gasteiger partial charge in [0.15, 0.2) is 0 Å². The van der Waals surface area contributed by atoms with Gasteiger partial charge in [-0.3, -0.25) is 4.79 Å². The predicted molar refractivity (Wildman–Crippen MR) is 84.8 cm³/mol. The molecule has 0 unspecified atom stereocenters. The summed E-state index contributed by atoms with van der Waals surface area (Å²) in [4.78, 5) is 14.2. The van der Waals surface area contributed by atoms with Crippen molar-refractivity contribution in [1.29, 1.82) is 0 Å². The van der Waals surface area contributed by atoms with Crippen LogP contribution in [-0.4, -0.2) is 36.6 Å². The summed E-state index contributed by atoms with van der Waals surface area (Å²) in [5.74, 6) is -0.00782. The maximum Gasteiger partial charge on any atom is 0.242 e. The highest BCUT2D eigenvalue weighted by molar-refractivity contribution is 9.10. The van der Waals surface area contributed by atoms with Crippen LogP contribution in [0.5, 0.6) is 0 Å². The average Bonchev–Trinajstić information content (AvgIpc) is 2.41. The number of hydrogen-bond acceptors (Lipinski definition) is 3. The van der Waals surface area contributed by atoms with E-state index < -0.39 is 5.54 Å². The van der Waals surface area contributed by atoms with Gasteiger partial charge in [0.2, 0.25) is 5.91 Å². The molecule has 4 nitrogen and oxygen atoms in total. The first-order valence-electron chi connectivity index (χ1n) is 6.38. The van der Waals surface area contributed by atoms with Crippen LogP contribution in [0.1, 0.15) is 18.4 Å². The summed E-state index contributed by atoms with van der Waals surface area (Å²) in [6.07, 6.45) is 1.18. The van der Waals surface area contributed by atoms with Crippen LogP contribution in [-0.2, 0) is 16.1 Å². The van der Waals surface area contributed by atoms with Gasteiger partial charge < -0.3 is 15.4 Å². The fourth-order valence-electron chi connectivity index (χ4n) is 2.28. The van der Waals surface area contributed by atoms with Gasteiger partial charge in [0.1, 0.15) is 0 Å². The second kappa shape index (κ2) is 7.41. The Morgan fingerprint density at radius 3 is 2.60 bits per heavy atom. The van der Waals surface area contributed by atoms with Gasteiger partial charge in [0.05, 0.1) is 5.54 Å². The van der Waals surface area contributed by atoms with Crippen molar-refractivity contribution in [1.82, 2.24) is 4.90 Å². The lowest BCUT2D eigenvalue weighted by molar-refractivity contribution is -0.139. The highest BCUT2D eigenvalue weighted by Crippen LogP contribution is 2.22. The maximum absolute atomic E-state index is 12.5. The number of amides is 1. The Balaban J connectivity index is 0.00000200. The van der Waals surface area contributed by atoms with Crippen LogP contribution in [0, 0.1) is 0 Å². The van der Waals surface area contributed by atoms with Gasteiger partial charge in [-0.25, -0.2) is 0 Å². The lowest BCUT2D eigenvalue weighted by atomic mass is 9.89. The molecule has 1 aliphatic rings. The standard InChI is InChI=1S/C14H19BrN2O2.ClH/c1-17(10-11-4-2-3-5-12(11)15)13(18)14(16)6-8-19-9-7-14;/h2-5H,6-10,16H2,1H3;1H. The smallest absolute Gasteiger partial charge is 0.242 e. The van der Waals surface area contributed by atoms with Crippen molar-refractivity contribution in [3.8, 4) is 0 Å². The topological polar surface area (TPSA) is 55.6 Å². The minimum absolute atomic E-state index is 0. The number of ether oxygens (including phenoxy) is 1. The first-order chi connectivity index (χ1) is 9.03. The molecule has 0 radical (unpaired) electrons. The Kier molecular flexibility index (Phi) is 6.45.